The molecule has 0 aromatic carbocycles. The Bertz CT molecular complexity index is 156. The van der Waals surface area contributed by atoms with Crippen LogP contribution < -0.4 is 16.8 Å². The lowest BCUT2D eigenvalue weighted by molar-refractivity contribution is -0.119. The molecule has 12 heavy (non-hydrogen) atoms. The monoisotopic (exact) mass is 171 g/mol. The highest BCUT2D eigenvalue weighted by Gasteiger charge is 2.20. The lowest BCUT2D eigenvalue weighted by Gasteiger charge is -2.08. The predicted octanol–water partition coefficient (Wildman–Crippen LogP) is -0.811. The molecule has 4 heteroatoms. The van der Waals surface area contributed by atoms with E-state index < -0.39 is 11.9 Å². The minimum atomic E-state index is -0.538. The Kier molecular flexibility index (Phi) is 3.49. The lowest BCUT2D eigenvalue weighted by atomic mass is 10.2. The summed E-state index contributed by atoms with van der Waals surface area (Å²) < 4.78 is 0. The van der Waals surface area contributed by atoms with Crippen LogP contribution in [0.3, 0.4) is 0 Å². The molecule has 0 aliphatic heterocycles. The third kappa shape index (κ3) is 3.69. The van der Waals surface area contributed by atoms with Gasteiger partial charge in [-0.15, -0.1) is 0 Å². The first-order chi connectivity index (χ1) is 5.70. The van der Waals surface area contributed by atoms with Crippen LogP contribution in [0.15, 0.2) is 0 Å². The Morgan fingerprint density at radius 2 is 2.25 bits per heavy atom. The summed E-state index contributed by atoms with van der Waals surface area (Å²) in [4.78, 5) is 10.5. The third-order valence-corrected chi connectivity index (χ3v) is 2.16. The number of amides is 1. The molecule has 0 aromatic heterocycles. The molecule has 1 atom stereocenters. The van der Waals surface area contributed by atoms with Gasteiger partial charge in [0.25, 0.3) is 0 Å². The van der Waals surface area contributed by atoms with Gasteiger partial charge < -0.3 is 16.8 Å². The maximum atomic E-state index is 10.5. The van der Waals surface area contributed by atoms with E-state index in [4.69, 9.17) is 11.5 Å². The number of carbonyl (C=O) groups is 1. The van der Waals surface area contributed by atoms with Gasteiger partial charge in [-0.2, -0.15) is 0 Å². The van der Waals surface area contributed by atoms with E-state index in [2.05, 4.69) is 5.32 Å². The van der Waals surface area contributed by atoms with Crippen LogP contribution in [-0.2, 0) is 4.79 Å². The number of nitrogens with two attached hydrogens (primary N) is 2. The van der Waals surface area contributed by atoms with Crippen molar-refractivity contribution in [2.24, 2.45) is 17.4 Å². The fourth-order valence-electron chi connectivity index (χ4n) is 1.07. The SMILES string of the molecule is NC(=O)C(N)CNCCC1CC1. The van der Waals surface area contributed by atoms with Crippen LogP contribution in [0.5, 0.6) is 0 Å². The van der Waals surface area contributed by atoms with Gasteiger partial charge in [0.1, 0.15) is 0 Å². The van der Waals surface area contributed by atoms with E-state index in [0.717, 1.165) is 12.5 Å². The topological polar surface area (TPSA) is 81.1 Å². The minimum absolute atomic E-state index is 0.436. The summed E-state index contributed by atoms with van der Waals surface area (Å²) in [6, 6.07) is -0.538. The Morgan fingerprint density at radius 1 is 1.58 bits per heavy atom. The molecule has 1 aliphatic carbocycles. The van der Waals surface area contributed by atoms with Gasteiger partial charge in [-0.05, 0) is 18.9 Å². The molecule has 4 nitrogen and oxygen atoms in total. The molecule has 0 spiro atoms. The summed E-state index contributed by atoms with van der Waals surface area (Å²) in [6.45, 7) is 1.45. The third-order valence-electron chi connectivity index (χ3n) is 2.16. The maximum absolute atomic E-state index is 10.5. The van der Waals surface area contributed by atoms with Crippen LogP contribution in [0.2, 0.25) is 0 Å². The molecule has 1 fully saturated rings. The lowest BCUT2D eigenvalue weighted by Crippen LogP contribution is -2.44. The second-order valence-corrected chi connectivity index (χ2v) is 3.45. The Hall–Kier alpha value is -0.610. The van der Waals surface area contributed by atoms with Crippen molar-refractivity contribution in [1.29, 1.82) is 0 Å². The average Bonchev–Trinajstić information content (AvgIpc) is 2.80. The number of hydrogen-bond donors (Lipinski definition) is 3. The molecule has 0 saturated heterocycles. The van der Waals surface area contributed by atoms with E-state index in [1.165, 1.54) is 19.3 Å². The second-order valence-electron chi connectivity index (χ2n) is 3.45. The van der Waals surface area contributed by atoms with E-state index in [9.17, 15) is 4.79 Å². The number of primary amides is 1. The smallest absolute Gasteiger partial charge is 0.235 e. The van der Waals surface area contributed by atoms with Crippen LogP contribution >= 0.6 is 0 Å². The first-order valence-corrected chi connectivity index (χ1v) is 4.45. The minimum Gasteiger partial charge on any atom is -0.368 e. The van der Waals surface area contributed by atoms with Crippen LogP contribution in [0, 0.1) is 5.92 Å². The first kappa shape index (κ1) is 9.48. The van der Waals surface area contributed by atoms with Gasteiger partial charge in [-0.1, -0.05) is 12.8 Å². The van der Waals surface area contributed by atoms with Crippen molar-refractivity contribution in [3.63, 3.8) is 0 Å². The molecular weight excluding hydrogens is 154 g/mol. The fourth-order valence-corrected chi connectivity index (χ4v) is 1.07. The summed E-state index contributed by atoms with van der Waals surface area (Å²) in [7, 11) is 0. The van der Waals surface area contributed by atoms with Gasteiger partial charge in [0.05, 0.1) is 6.04 Å². The molecule has 1 amide bonds. The number of carbonyl (C=O) groups excluding carboxylic acids is 1. The van der Waals surface area contributed by atoms with Crippen LogP contribution in [0.4, 0.5) is 0 Å². The molecule has 5 N–H and O–H groups in total. The number of nitrogens with one attached hydrogen (secondary N) is 1. The normalized spacial score (nSPS) is 19.1. The van der Waals surface area contributed by atoms with E-state index in [1.54, 1.807) is 0 Å². The zero-order valence-corrected chi connectivity index (χ0v) is 7.25. The molecule has 1 rings (SSSR count). The number of rotatable bonds is 6. The van der Waals surface area contributed by atoms with Gasteiger partial charge in [-0.3, -0.25) is 4.79 Å². The summed E-state index contributed by atoms with van der Waals surface area (Å²) in [5.74, 6) is 0.483. The largest absolute Gasteiger partial charge is 0.368 e. The van der Waals surface area contributed by atoms with E-state index >= 15 is 0 Å². The van der Waals surface area contributed by atoms with Crippen LogP contribution in [-0.4, -0.2) is 25.0 Å². The van der Waals surface area contributed by atoms with Crippen molar-refractivity contribution >= 4 is 5.91 Å². The zero-order chi connectivity index (χ0) is 8.97. The first-order valence-electron chi connectivity index (χ1n) is 4.45. The summed E-state index contributed by atoms with van der Waals surface area (Å²) in [5, 5.41) is 3.11. The summed E-state index contributed by atoms with van der Waals surface area (Å²) in [5.41, 5.74) is 10.4. The predicted molar refractivity (Wildman–Crippen MR) is 47.4 cm³/mol. The quantitative estimate of drug-likeness (QED) is 0.457. The van der Waals surface area contributed by atoms with Crippen molar-refractivity contribution in [2.45, 2.75) is 25.3 Å². The second kappa shape index (κ2) is 4.42. The van der Waals surface area contributed by atoms with Gasteiger partial charge in [0, 0.05) is 6.54 Å². The maximum Gasteiger partial charge on any atom is 0.235 e. The van der Waals surface area contributed by atoms with Crippen molar-refractivity contribution in [1.82, 2.24) is 5.32 Å². The van der Waals surface area contributed by atoms with Crippen molar-refractivity contribution < 1.29 is 4.79 Å². The van der Waals surface area contributed by atoms with Crippen molar-refractivity contribution in [2.75, 3.05) is 13.1 Å². The Balaban J connectivity index is 1.89. The summed E-state index contributed by atoms with van der Waals surface area (Å²) >= 11 is 0. The molecule has 0 heterocycles. The molecular formula is C8H17N3O. The van der Waals surface area contributed by atoms with Gasteiger partial charge in [-0.25, -0.2) is 0 Å². The fraction of sp³-hybridized carbons (Fsp3) is 0.875. The molecule has 70 valence electrons. The highest BCUT2D eigenvalue weighted by molar-refractivity contribution is 5.79. The molecule has 1 saturated carbocycles. The Morgan fingerprint density at radius 3 is 2.75 bits per heavy atom. The summed E-state index contributed by atoms with van der Waals surface area (Å²) in [6.07, 6.45) is 3.93. The van der Waals surface area contributed by atoms with Crippen molar-refractivity contribution in [3.05, 3.63) is 0 Å². The van der Waals surface area contributed by atoms with Crippen molar-refractivity contribution in [3.8, 4) is 0 Å². The van der Waals surface area contributed by atoms with Crippen LogP contribution in [0.1, 0.15) is 19.3 Å². The Labute approximate surface area is 72.7 Å². The molecule has 1 aliphatic rings. The molecule has 0 bridgehead atoms. The highest BCUT2D eigenvalue weighted by atomic mass is 16.1. The van der Waals surface area contributed by atoms with E-state index in [-0.39, 0.29) is 0 Å². The van der Waals surface area contributed by atoms with E-state index in [0.29, 0.717) is 6.54 Å². The molecule has 0 aromatic rings. The molecule has 0 radical (unpaired) electrons. The van der Waals surface area contributed by atoms with E-state index in [1.807, 2.05) is 0 Å². The molecule has 1 unspecified atom stereocenters. The van der Waals surface area contributed by atoms with Gasteiger partial charge >= 0.3 is 0 Å². The van der Waals surface area contributed by atoms with Crippen LogP contribution in [0.25, 0.3) is 0 Å². The standard InChI is InChI=1S/C8H17N3O/c9-7(8(10)12)5-11-4-3-6-1-2-6/h6-7,11H,1-5,9H2,(H2,10,12). The van der Waals surface area contributed by atoms with Gasteiger partial charge in [0.2, 0.25) is 5.91 Å². The highest BCUT2D eigenvalue weighted by Crippen LogP contribution is 2.31. The number of hydrogen-bond acceptors (Lipinski definition) is 3. The van der Waals surface area contributed by atoms with Gasteiger partial charge in [0.15, 0.2) is 0 Å². The zero-order valence-electron chi connectivity index (χ0n) is 7.25. The average molecular weight is 171 g/mol.